The van der Waals surface area contributed by atoms with Crippen LogP contribution in [0.4, 0.5) is 0 Å². The summed E-state index contributed by atoms with van der Waals surface area (Å²) in [6.07, 6.45) is 3.63. The van der Waals surface area contributed by atoms with E-state index in [2.05, 4.69) is 19.2 Å². The molecule has 0 saturated heterocycles. The van der Waals surface area contributed by atoms with E-state index in [-0.39, 0.29) is 5.91 Å². The van der Waals surface area contributed by atoms with Gasteiger partial charge in [-0.05, 0) is 36.8 Å². The van der Waals surface area contributed by atoms with E-state index >= 15 is 0 Å². The smallest absolute Gasteiger partial charge is 0.251 e. The third kappa shape index (κ3) is 2.74. The van der Waals surface area contributed by atoms with Gasteiger partial charge in [-0.15, -0.1) is 0 Å². The predicted octanol–water partition coefficient (Wildman–Crippen LogP) is 3.55. The van der Waals surface area contributed by atoms with Crippen molar-refractivity contribution in [3.05, 3.63) is 35.4 Å². The molecule has 3 atom stereocenters. The van der Waals surface area contributed by atoms with E-state index in [0.29, 0.717) is 17.9 Å². The summed E-state index contributed by atoms with van der Waals surface area (Å²) < 4.78 is 0. The number of carbonyl (C=O) groups excluding carboxylic acids is 1. The Kier molecular flexibility index (Phi) is 4.05. The van der Waals surface area contributed by atoms with Crippen LogP contribution < -0.4 is 5.32 Å². The van der Waals surface area contributed by atoms with Gasteiger partial charge in [0.1, 0.15) is 0 Å². The Morgan fingerprint density at radius 1 is 1.22 bits per heavy atom. The van der Waals surface area contributed by atoms with E-state index in [9.17, 15) is 4.79 Å². The molecule has 1 saturated carbocycles. The summed E-state index contributed by atoms with van der Waals surface area (Å²) in [5.74, 6) is 1.37. The van der Waals surface area contributed by atoms with Crippen molar-refractivity contribution in [3.63, 3.8) is 0 Å². The van der Waals surface area contributed by atoms with E-state index in [1.165, 1.54) is 12.8 Å². The molecule has 0 heterocycles. The van der Waals surface area contributed by atoms with Crippen molar-refractivity contribution >= 4 is 5.91 Å². The second-order valence-corrected chi connectivity index (χ2v) is 5.66. The third-order valence-corrected chi connectivity index (χ3v) is 4.41. The highest BCUT2D eigenvalue weighted by molar-refractivity contribution is 5.95. The van der Waals surface area contributed by atoms with Gasteiger partial charge in [0.15, 0.2) is 0 Å². The molecule has 1 aliphatic carbocycles. The SMILES string of the molecule is Cc1ccccc1C(=O)N[C@@H]1CCC[C@@H](C)[C@H]1C. The normalized spacial score (nSPS) is 27.8. The first-order valence-electron chi connectivity index (χ1n) is 6.96. The molecule has 98 valence electrons. The maximum atomic E-state index is 12.3. The number of aryl methyl sites for hydroxylation is 1. The van der Waals surface area contributed by atoms with Crippen LogP contribution in [0.3, 0.4) is 0 Å². The highest BCUT2D eigenvalue weighted by Crippen LogP contribution is 2.29. The van der Waals surface area contributed by atoms with Crippen LogP contribution in [0.2, 0.25) is 0 Å². The summed E-state index contributed by atoms with van der Waals surface area (Å²) >= 11 is 0. The zero-order valence-electron chi connectivity index (χ0n) is 11.6. The molecule has 1 fully saturated rings. The van der Waals surface area contributed by atoms with Gasteiger partial charge in [0, 0.05) is 11.6 Å². The van der Waals surface area contributed by atoms with Crippen molar-refractivity contribution in [1.82, 2.24) is 5.32 Å². The largest absolute Gasteiger partial charge is 0.349 e. The van der Waals surface area contributed by atoms with Crippen LogP contribution in [0.15, 0.2) is 24.3 Å². The lowest BCUT2D eigenvalue weighted by atomic mass is 9.78. The number of rotatable bonds is 2. The molecule has 0 aliphatic heterocycles. The molecule has 2 rings (SSSR count). The molecule has 1 amide bonds. The summed E-state index contributed by atoms with van der Waals surface area (Å²) in [5.41, 5.74) is 1.86. The van der Waals surface area contributed by atoms with Gasteiger partial charge in [0.25, 0.3) is 5.91 Å². The molecule has 0 bridgehead atoms. The van der Waals surface area contributed by atoms with Gasteiger partial charge in [-0.1, -0.05) is 44.9 Å². The van der Waals surface area contributed by atoms with Crippen molar-refractivity contribution in [2.75, 3.05) is 0 Å². The average Bonchev–Trinajstić information content (AvgIpc) is 2.35. The van der Waals surface area contributed by atoms with Gasteiger partial charge in [-0.3, -0.25) is 4.79 Å². The molecule has 1 N–H and O–H groups in total. The van der Waals surface area contributed by atoms with Crippen LogP contribution in [0.5, 0.6) is 0 Å². The van der Waals surface area contributed by atoms with E-state index in [1.807, 2.05) is 31.2 Å². The minimum absolute atomic E-state index is 0.0825. The Bertz CT molecular complexity index is 427. The maximum absolute atomic E-state index is 12.3. The molecule has 1 aromatic carbocycles. The first-order valence-corrected chi connectivity index (χ1v) is 6.96. The number of amides is 1. The molecule has 2 nitrogen and oxygen atoms in total. The molecular weight excluding hydrogens is 222 g/mol. The highest BCUT2D eigenvalue weighted by atomic mass is 16.1. The van der Waals surface area contributed by atoms with Gasteiger partial charge in [-0.25, -0.2) is 0 Å². The zero-order chi connectivity index (χ0) is 13.1. The minimum atomic E-state index is 0.0825. The zero-order valence-corrected chi connectivity index (χ0v) is 11.6. The number of hydrogen-bond acceptors (Lipinski definition) is 1. The second kappa shape index (κ2) is 5.55. The second-order valence-electron chi connectivity index (χ2n) is 5.66. The summed E-state index contributed by atoms with van der Waals surface area (Å²) in [7, 11) is 0. The van der Waals surface area contributed by atoms with E-state index < -0.39 is 0 Å². The van der Waals surface area contributed by atoms with E-state index in [0.717, 1.165) is 17.5 Å². The van der Waals surface area contributed by atoms with Gasteiger partial charge in [0.2, 0.25) is 0 Å². The fourth-order valence-electron chi connectivity index (χ4n) is 2.86. The summed E-state index contributed by atoms with van der Waals surface area (Å²) in [5, 5.41) is 3.22. The molecule has 0 spiro atoms. The summed E-state index contributed by atoms with van der Waals surface area (Å²) in [6.45, 7) is 6.53. The molecule has 0 aromatic heterocycles. The quantitative estimate of drug-likeness (QED) is 0.848. The van der Waals surface area contributed by atoms with E-state index in [1.54, 1.807) is 0 Å². The van der Waals surface area contributed by atoms with Crippen molar-refractivity contribution < 1.29 is 4.79 Å². The fourth-order valence-corrected chi connectivity index (χ4v) is 2.86. The lowest BCUT2D eigenvalue weighted by molar-refractivity contribution is 0.0890. The van der Waals surface area contributed by atoms with Crippen LogP contribution in [-0.2, 0) is 0 Å². The van der Waals surface area contributed by atoms with Crippen LogP contribution in [0.25, 0.3) is 0 Å². The number of benzene rings is 1. The molecule has 1 aromatic rings. The monoisotopic (exact) mass is 245 g/mol. The van der Waals surface area contributed by atoms with Crippen molar-refractivity contribution in [2.24, 2.45) is 11.8 Å². The first-order chi connectivity index (χ1) is 8.59. The number of nitrogens with one attached hydrogen (secondary N) is 1. The molecule has 0 unspecified atom stereocenters. The first kappa shape index (κ1) is 13.1. The van der Waals surface area contributed by atoms with Crippen molar-refractivity contribution in [3.8, 4) is 0 Å². The topological polar surface area (TPSA) is 29.1 Å². The average molecular weight is 245 g/mol. The number of carbonyl (C=O) groups is 1. The minimum Gasteiger partial charge on any atom is -0.349 e. The van der Waals surface area contributed by atoms with Crippen LogP contribution in [0.1, 0.15) is 49.0 Å². The Morgan fingerprint density at radius 2 is 1.94 bits per heavy atom. The summed E-state index contributed by atoms with van der Waals surface area (Å²) in [4.78, 5) is 12.3. The lowest BCUT2D eigenvalue weighted by Crippen LogP contribution is -2.43. The van der Waals surface area contributed by atoms with Crippen molar-refractivity contribution in [1.29, 1.82) is 0 Å². The van der Waals surface area contributed by atoms with Gasteiger partial charge >= 0.3 is 0 Å². The van der Waals surface area contributed by atoms with Crippen LogP contribution in [0, 0.1) is 18.8 Å². The lowest BCUT2D eigenvalue weighted by Gasteiger charge is -2.34. The fraction of sp³-hybridized carbons (Fsp3) is 0.562. The van der Waals surface area contributed by atoms with E-state index in [4.69, 9.17) is 0 Å². The standard InChI is InChI=1S/C16H23NO/c1-11-8-6-10-15(13(11)3)17-16(18)14-9-5-4-7-12(14)2/h4-5,7,9,11,13,15H,6,8,10H2,1-3H3,(H,17,18)/t11-,13-,15-/m1/s1. The summed E-state index contributed by atoms with van der Waals surface area (Å²) in [6, 6.07) is 8.12. The van der Waals surface area contributed by atoms with Crippen LogP contribution >= 0.6 is 0 Å². The maximum Gasteiger partial charge on any atom is 0.251 e. The molecule has 18 heavy (non-hydrogen) atoms. The number of hydrogen-bond donors (Lipinski definition) is 1. The molecule has 1 aliphatic rings. The van der Waals surface area contributed by atoms with Crippen molar-refractivity contribution in [2.45, 2.75) is 46.1 Å². The highest BCUT2D eigenvalue weighted by Gasteiger charge is 2.28. The Labute approximate surface area is 110 Å². The molecule has 0 radical (unpaired) electrons. The third-order valence-electron chi connectivity index (χ3n) is 4.41. The molecular formula is C16H23NO. The predicted molar refractivity (Wildman–Crippen MR) is 74.6 cm³/mol. The Hall–Kier alpha value is -1.31. The molecule has 2 heteroatoms. The van der Waals surface area contributed by atoms with Gasteiger partial charge in [-0.2, -0.15) is 0 Å². The Balaban J connectivity index is 2.05. The Morgan fingerprint density at radius 3 is 2.67 bits per heavy atom. The van der Waals surface area contributed by atoms with Gasteiger partial charge < -0.3 is 5.32 Å². The van der Waals surface area contributed by atoms with Gasteiger partial charge in [0.05, 0.1) is 0 Å². The van der Waals surface area contributed by atoms with Crippen LogP contribution in [-0.4, -0.2) is 11.9 Å².